The van der Waals surface area contributed by atoms with E-state index in [9.17, 15) is 14.4 Å². The van der Waals surface area contributed by atoms with Crippen molar-refractivity contribution in [2.45, 2.75) is 13.3 Å². The van der Waals surface area contributed by atoms with E-state index in [1.807, 2.05) is 12.1 Å². The molecule has 4 unspecified atom stereocenters. The number of benzene rings is 1. The lowest BCUT2D eigenvalue weighted by Gasteiger charge is -2.18. The van der Waals surface area contributed by atoms with Crippen molar-refractivity contribution in [3.8, 4) is 5.75 Å². The molecule has 3 N–H and O–H groups in total. The first-order valence-electron chi connectivity index (χ1n) is 11.0. The summed E-state index contributed by atoms with van der Waals surface area (Å²) in [6, 6.07) is 7.18. The van der Waals surface area contributed by atoms with Gasteiger partial charge in [0.2, 0.25) is 17.7 Å². The van der Waals surface area contributed by atoms with Crippen LogP contribution in [0.1, 0.15) is 13.3 Å². The van der Waals surface area contributed by atoms with Gasteiger partial charge in [-0.1, -0.05) is 18.2 Å². The number of carbonyl (C=O) groups is 3. The van der Waals surface area contributed by atoms with Crippen molar-refractivity contribution in [3.63, 3.8) is 0 Å². The van der Waals surface area contributed by atoms with Gasteiger partial charge in [-0.05, 0) is 30.4 Å². The second-order valence-electron chi connectivity index (χ2n) is 8.31. The molecule has 1 aliphatic heterocycles. The highest BCUT2D eigenvalue weighted by atomic mass is 16.5. The maximum atomic E-state index is 12.7. The maximum absolute atomic E-state index is 12.7. The van der Waals surface area contributed by atoms with Crippen LogP contribution in [0.5, 0.6) is 5.75 Å². The van der Waals surface area contributed by atoms with Crippen LogP contribution >= 0.6 is 0 Å². The lowest BCUT2D eigenvalue weighted by Crippen LogP contribution is -2.44. The second kappa shape index (κ2) is 9.42. The van der Waals surface area contributed by atoms with E-state index in [0.717, 1.165) is 6.42 Å². The Bertz CT molecular complexity index is 929. The van der Waals surface area contributed by atoms with E-state index >= 15 is 0 Å². The first-order chi connectivity index (χ1) is 15.5. The number of aliphatic imine (C=N–C) groups is 1. The highest BCUT2D eigenvalue weighted by Gasteiger charge is 2.58. The lowest BCUT2D eigenvalue weighted by molar-refractivity contribution is -0.140. The zero-order valence-electron chi connectivity index (χ0n) is 18.3. The molecule has 4 atom stereocenters. The zero-order chi connectivity index (χ0) is 22.7. The lowest BCUT2D eigenvalue weighted by atomic mass is 9.85. The molecule has 3 aliphatic rings. The minimum atomic E-state index is -0.156. The number of hydrogen-bond donors (Lipinski definition) is 3. The third kappa shape index (κ3) is 4.46. The summed E-state index contributed by atoms with van der Waals surface area (Å²) in [6.45, 7) is 3.12. The quantitative estimate of drug-likeness (QED) is 0.183. The van der Waals surface area contributed by atoms with Gasteiger partial charge in [0, 0.05) is 38.8 Å². The number of nitrogens with zero attached hydrogens (tertiary/aromatic N) is 2. The van der Waals surface area contributed by atoms with Gasteiger partial charge < -0.3 is 20.7 Å². The monoisotopic (exact) mass is 439 g/mol. The molecule has 2 bridgehead atoms. The summed E-state index contributed by atoms with van der Waals surface area (Å²) in [6.07, 6.45) is 5.14. The number of fused-ring (bicyclic) bond motifs is 5. The average molecular weight is 440 g/mol. The fourth-order valence-corrected chi connectivity index (χ4v) is 4.90. The van der Waals surface area contributed by atoms with E-state index in [1.165, 1.54) is 11.8 Å². The van der Waals surface area contributed by atoms with Gasteiger partial charge in [0.15, 0.2) is 5.96 Å². The molecule has 9 heteroatoms. The number of guanidine groups is 1. The van der Waals surface area contributed by atoms with Crippen LogP contribution in [0.3, 0.4) is 0 Å². The highest BCUT2D eigenvalue weighted by Crippen LogP contribution is 2.52. The van der Waals surface area contributed by atoms with E-state index in [4.69, 9.17) is 4.74 Å². The van der Waals surface area contributed by atoms with Crippen molar-refractivity contribution in [1.82, 2.24) is 15.5 Å². The number of imide groups is 1. The number of anilines is 1. The maximum Gasteiger partial charge on any atom is 0.233 e. The van der Waals surface area contributed by atoms with Crippen molar-refractivity contribution in [2.24, 2.45) is 28.7 Å². The van der Waals surface area contributed by atoms with E-state index in [-0.39, 0.29) is 41.4 Å². The smallest absolute Gasteiger partial charge is 0.233 e. The first kappa shape index (κ1) is 21.9. The van der Waals surface area contributed by atoms with Crippen LogP contribution in [-0.4, -0.2) is 61.9 Å². The van der Waals surface area contributed by atoms with Gasteiger partial charge in [-0.3, -0.25) is 24.3 Å². The summed E-state index contributed by atoms with van der Waals surface area (Å²) >= 11 is 0. The molecule has 0 spiro atoms. The number of rotatable bonds is 8. The van der Waals surface area contributed by atoms with Crippen LogP contribution < -0.4 is 20.7 Å². The molecular formula is C23H29N5O4. The molecule has 9 nitrogen and oxygen atoms in total. The van der Waals surface area contributed by atoms with Crippen molar-refractivity contribution in [3.05, 3.63) is 36.4 Å². The Kier molecular flexibility index (Phi) is 6.43. The molecule has 2 fully saturated rings. The topological polar surface area (TPSA) is 112 Å². The van der Waals surface area contributed by atoms with Crippen LogP contribution in [0.15, 0.2) is 41.4 Å². The molecule has 1 saturated heterocycles. The summed E-state index contributed by atoms with van der Waals surface area (Å²) in [5.74, 6) is 1.17. The molecule has 32 heavy (non-hydrogen) atoms. The van der Waals surface area contributed by atoms with Gasteiger partial charge in [-0.2, -0.15) is 0 Å². The number of allylic oxidation sites excluding steroid dienone is 2. The Morgan fingerprint density at radius 3 is 2.47 bits per heavy atom. The fourth-order valence-electron chi connectivity index (χ4n) is 4.90. The molecule has 2 aliphatic carbocycles. The fraction of sp³-hybridized carbons (Fsp3) is 0.478. The Morgan fingerprint density at radius 1 is 1.12 bits per heavy atom. The Labute approximate surface area is 187 Å². The minimum absolute atomic E-state index is 0.0310. The van der Waals surface area contributed by atoms with E-state index in [1.54, 1.807) is 19.2 Å². The largest absolute Gasteiger partial charge is 0.492 e. The molecule has 0 aromatic heterocycles. The van der Waals surface area contributed by atoms with E-state index in [0.29, 0.717) is 43.6 Å². The van der Waals surface area contributed by atoms with Crippen molar-refractivity contribution in [1.29, 1.82) is 0 Å². The van der Waals surface area contributed by atoms with Gasteiger partial charge in [-0.15, -0.1) is 0 Å². The van der Waals surface area contributed by atoms with Crippen molar-refractivity contribution >= 4 is 29.4 Å². The molecule has 3 amide bonds. The average Bonchev–Trinajstić information content (AvgIpc) is 3.45. The molecule has 0 radical (unpaired) electrons. The Balaban J connectivity index is 1.17. The predicted molar refractivity (Wildman–Crippen MR) is 120 cm³/mol. The molecule has 4 rings (SSSR count). The molecule has 1 aromatic carbocycles. The minimum Gasteiger partial charge on any atom is -0.492 e. The van der Waals surface area contributed by atoms with Gasteiger partial charge in [0.25, 0.3) is 0 Å². The zero-order valence-corrected chi connectivity index (χ0v) is 18.3. The summed E-state index contributed by atoms with van der Waals surface area (Å²) < 4.78 is 5.71. The number of ether oxygens (including phenoxy) is 1. The predicted octanol–water partition coefficient (Wildman–Crippen LogP) is 0.996. The number of carbonyl (C=O) groups excluding carboxylic acids is 3. The normalized spacial score (nSPS) is 25.8. The first-order valence-corrected chi connectivity index (χ1v) is 11.0. The Morgan fingerprint density at radius 2 is 1.81 bits per heavy atom. The van der Waals surface area contributed by atoms with Crippen LogP contribution in [0, 0.1) is 23.7 Å². The van der Waals surface area contributed by atoms with Crippen LogP contribution in [0.25, 0.3) is 0 Å². The van der Waals surface area contributed by atoms with E-state index < -0.39 is 0 Å². The van der Waals surface area contributed by atoms with Crippen LogP contribution in [0.2, 0.25) is 0 Å². The van der Waals surface area contributed by atoms with Gasteiger partial charge in [0.1, 0.15) is 12.4 Å². The Hall–Kier alpha value is -3.36. The third-order valence-electron chi connectivity index (χ3n) is 6.23. The van der Waals surface area contributed by atoms with Crippen molar-refractivity contribution < 1.29 is 19.1 Å². The number of nitrogens with one attached hydrogen (secondary N) is 3. The van der Waals surface area contributed by atoms with E-state index in [2.05, 4.69) is 33.1 Å². The third-order valence-corrected chi connectivity index (χ3v) is 6.23. The summed E-state index contributed by atoms with van der Waals surface area (Å²) in [7, 11) is 1.66. The highest BCUT2D eigenvalue weighted by molar-refractivity contribution is 6.06. The van der Waals surface area contributed by atoms with Crippen molar-refractivity contribution in [2.75, 3.05) is 38.6 Å². The SMILES string of the molecule is CN=C(NCCOc1cccc(NC(C)=O)c1)NCCN1C(=O)C2C3C=CC(C3)C2C1=O. The summed E-state index contributed by atoms with van der Waals surface area (Å²) in [4.78, 5) is 42.2. The summed E-state index contributed by atoms with van der Waals surface area (Å²) in [5, 5.41) is 9.01. The van der Waals surface area contributed by atoms with Crippen LogP contribution in [0.4, 0.5) is 5.69 Å². The number of likely N-dealkylation sites (tertiary alicyclic amines) is 1. The molecule has 1 saturated carbocycles. The molecule has 170 valence electrons. The number of hydrogen-bond acceptors (Lipinski definition) is 5. The standard InChI is InChI=1S/C23H29N5O4/c1-14(29)27-17-4-3-5-18(13-17)32-11-9-26-23(24-2)25-8-10-28-21(30)19-15-6-7-16(12-15)20(19)22(28)31/h3-7,13,15-16,19-20H,8-12H2,1-2H3,(H,27,29)(H2,24,25,26). The number of amides is 3. The summed E-state index contributed by atoms with van der Waals surface area (Å²) in [5.41, 5.74) is 0.680. The molecular weight excluding hydrogens is 410 g/mol. The molecule has 1 heterocycles. The van der Waals surface area contributed by atoms with Gasteiger partial charge in [-0.25, -0.2) is 0 Å². The van der Waals surface area contributed by atoms with Gasteiger partial charge in [0.05, 0.1) is 18.4 Å². The van der Waals surface area contributed by atoms with Crippen LogP contribution in [-0.2, 0) is 14.4 Å². The van der Waals surface area contributed by atoms with Gasteiger partial charge >= 0.3 is 0 Å². The molecule has 1 aromatic rings. The second-order valence-corrected chi connectivity index (χ2v) is 8.31.